The number of carbonyl (C=O) groups excluding carboxylic acids is 2. The van der Waals surface area contributed by atoms with Crippen LogP contribution < -0.4 is 15.5 Å². The summed E-state index contributed by atoms with van der Waals surface area (Å²) in [6.45, 7) is 2.15. The van der Waals surface area contributed by atoms with Crippen LogP contribution in [0.25, 0.3) is 0 Å². The van der Waals surface area contributed by atoms with Crippen LogP contribution in [0.2, 0.25) is 5.02 Å². The number of nitrogens with zero attached hydrogens (tertiary/aromatic N) is 2. The predicted octanol–water partition coefficient (Wildman–Crippen LogP) is 5.17. The minimum atomic E-state index is -3.05. The number of anilines is 2. The predicted molar refractivity (Wildman–Crippen MR) is 130 cm³/mol. The lowest BCUT2D eigenvalue weighted by molar-refractivity contribution is -0.125. The molecule has 0 radical (unpaired) electrons. The zero-order chi connectivity index (χ0) is 24.8. The summed E-state index contributed by atoms with van der Waals surface area (Å²) in [5.74, 6) is -3.54. The normalized spacial score (nSPS) is 20.5. The summed E-state index contributed by atoms with van der Waals surface area (Å²) in [6.07, 6.45) is 1.11. The molecule has 0 aliphatic carbocycles. The fourth-order valence-electron chi connectivity index (χ4n) is 4.76. The number of alkyl halides is 2. The van der Waals surface area contributed by atoms with Gasteiger partial charge < -0.3 is 15.5 Å². The van der Waals surface area contributed by atoms with E-state index in [0.29, 0.717) is 28.4 Å². The van der Waals surface area contributed by atoms with Gasteiger partial charge in [-0.2, -0.15) is 0 Å². The van der Waals surface area contributed by atoms with Crippen molar-refractivity contribution in [1.82, 2.24) is 10.3 Å². The van der Waals surface area contributed by atoms with Crippen LogP contribution in [0.4, 0.5) is 20.3 Å². The third-order valence-corrected chi connectivity index (χ3v) is 7.03. The lowest BCUT2D eigenvalue weighted by Crippen LogP contribution is -2.64. The molecule has 1 atom stereocenters. The summed E-state index contributed by atoms with van der Waals surface area (Å²) in [6, 6.07) is 14.9. The number of nitrogens with one attached hydrogen (secondary N) is 2. The second kappa shape index (κ2) is 8.70. The molecule has 35 heavy (non-hydrogen) atoms. The number of aromatic nitrogens is 1. The van der Waals surface area contributed by atoms with Crippen molar-refractivity contribution >= 4 is 34.9 Å². The Morgan fingerprint density at radius 1 is 1.11 bits per heavy atom. The summed E-state index contributed by atoms with van der Waals surface area (Å²) in [7, 11) is 0. The van der Waals surface area contributed by atoms with Gasteiger partial charge in [-0.3, -0.25) is 9.59 Å². The number of rotatable bonds is 3. The lowest BCUT2D eigenvalue weighted by atomic mass is 9.74. The Balaban J connectivity index is 1.42. The van der Waals surface area contributed by atoms with Crippen LogP contribution in [-0.2, 0) is 5.54 Å². The van der Waals surface area contributed by atoms with Gasteiger partial charge in [0.05, 0.1) is 5.56 Å². The van der Waals surface area contributed by atoms with Crippen molar-refractivity contribution in [3.63, 3.8) is 0 Å². The highest BCUT2D eigenvalue weighted by molar-refractivity contribution is 6.30. The number of fused-ring (bicyclic) bond motifs is 2. The van der Waals surface area contributed by atoms with Crippen molar-refractivity contribution in [2.24, 2.45) is 0 Å². The van der Waals surface area contributed by atoms with Gasteiger partial charge in [-0.25, -0.2) is 13.8 Å². The van der Waals surface area contributed by atoms with Crippen molar-refractivity contribution in [3.8, 4) is 0 Å². The molecular formula is C26H23ClF2N4O2. The summed E-state index contributed by atoms with van der Waals surface area (Å²) in [4.78, 5) is 31.5. The largest absolute Gasteiger partial charge is 0.308 e. The Kier molecular flexibility index (Phi) is 5.81. The topological polar surface area (TPSA) is 74.3 Å². The van der Waals surface area contributed by atoms with E-state index in [-0.39, 0.29) is 30.3 Å². The van der Waals surface area contributed by atoms with E-state index in [2.05, 4.69) is 15.6 Å². The van der Waals surface area contributed by atoms with Crippen molar-refractivity contribution in [1.29, 1.82) is 0 Å². The molecule has 180 valence electrons. The SMILES string of the molecule is Cc1ccccc1C(=O)Nc1ccc(C(=O)N2CCC(F)(F)C3(CCN3)c3cc(Cl)ccc32)cn1. The van der Waals surface area contributed by atoms with E-state index >= 15 is 8.78 Å². The minimum Gasteiger partial charge on any atom is -0.308 e. The maximum atomic E-state index is 15.3. The second-order valence-electron chi connectivity index (χ2n) is 8.86. The van der Waals surface area contributed by atoms with Gasteiger partial charge in [-0.15, -0.1) is 0 Å². The van der Waals surface area contributed by atoms with E-state index in [1.54, 1.807) is 24.3 Å². The van der Waals surface area contributed by atoms with Gasteiger partial charge in [0.25, 0.3) is 17.7 Å². The van der Waals surface area contributed by atoms with Crippen LogP contribution in [0, 0.1) is 6.92 Å². The molecule has 3 heterocycles. The molecule has 6 nitrogen and oxygen atoms in total. The quantitative estimate of drug-likeness (QED) is 0.524. The highest BCUT2D eigenvalue weighted by atomic mass is 35.5. The van der Waals surface area contributed by atoms with Gasteiger partial charge in [0.2, 0.25) is 0 Å². The first-order valence-corrected chi connectivity index (χ1v) is 11.7. The van der Waals surface area contributed by atoms with Crippen LogP contribution in [0.1, 0.15) is 44.7 Å². The summed E-state index contributed by atoms with van der Waals surface area (Å²) < 4.78 is 30.5. The van der Waals surface area contributed by atoms with Crippen molar-refractivity contribution in [3.05, 3.63) is 88.1 Å². The molecular weight excluding hydrogens is 474 g/mol. The maximum Gasteiger partial charge on any atom is 0.271 e. The number of amides is 2. The standard InChI is InChI=1S/C26H23ClF2N4O2/c1-16-4-2-3-5-19(16)23(34)32-22-9-6-17(15-30-22)24(35)33-13-11-26(28,29)25(10-12-31-25)20-14-18(27)7-8-21(20)33/h2-9,14-15,31H,10-13H2,1H3,(H,30,32,34). The van der Waals surface area contributed by atoms with Crippen LogP contribution >= 0.6 is 11.6 Å². The molecule has 1 unspecified atom stereocenters. The molecule has 0 saturated carbocycles. The average Bonchev–Trinajstić information content (AvgIpc) is 2.90. The fraction of sp³-hybridized carbons (Fsp3) is 0.269. The number of aryl methyl sites for hydroxylation is 1. The third-order valence-electron chi connectivity index (χ3n) is 6.80. The van der Waals surface area contributed by atoms with Gasteiger partial charge in [-0.1, -0.05) is 29.8 Å². The third kappa shape index (κ3) is 3.96. The molecule has 2 aliphatic heterocycles. The molecule has 3 aromatic rings. The zero-order valence-electron chi connectivity index (χ0n) is 18.9. The number of hydrogen-bond donors (Lipinski definition) is 2. The van der Waals surface area contributed by atoms with Gasteiger partial charge in [0.15, 0.2) is 0 Å². The van der Waals surface area contributed by atoms with Crippen molar-refractivity contribution in [2.75, 3.05) is 23.3 Å². The summed E-state index contributed by atoms with van der Waals surface area (Å²) in [5.41, 5.74) is 0.758. The molecule has 9 heteroatoms. The number of halogens is 3. The van der Waals surface area contributed by atoms with Crippen LogP contribution in [0.5, 0.6) is 0 Å². The smallest absolute Gasteiger partial charge is 0.271 e. The number of pyridine rings is 1. The minimum absolute atomic E-state index is 0.157. The maximum absolute atomic E-state index is 15.3. The molecule has 2 N–H and O–H groups in total. The first kappa shape index (κ1) is 23.4. The highest BCUT2D eigenvalue weighted by Crippen LogP contribution is 2.52. The van der Waals surface area contributed by atoms with Crippen molar-refractivity contribution in [2.45, 2.75) is 31.2 Å². The second-order valence-corrected chi connectivity index (χ2v) is 9.29. The molecule has 1 aromatic heterocycles. The number of benzene rings is 2. The van der Waals surface area contributed by atoms with Gasteiger partial charge in [-0.05, 0) is 61.9 Å². The molecule has 1 fully saturated rings. The average molecular weight is 497 g/mol. The Morgan fingerprint density at radius 3 is 2.54 bits per heavy atom. The van der Waals surface area contributed by atoms with E-state index in [0.717, 1.165) is 5.56 Å². The molecule has 2 amide bonds. The first-order valence-electron chi connectivity index (χ1n) is 11.3. The monoisotopic (exact) mass is 496 g/mol. The lowest BCUT2D eigenvalue weighted by Gasteiger charge is -2.48. The number of hydrogen-bond acceptors (Lipinski definition) is 4. The van der Waals surface area contributed by atoms with Gasteiger partial charge in [0, 0.05) is 41.0 Å². The molecule has 1 spiro atoms. The van der Waals surface area contributed by atoms with Crippen LogP contribution in [0.3, 0.4) is 0 Å². The number of carbonyl (C=O) groups is 2. The van der Waals surface area contributed by atoms with E-state index in [9.17, 15) is 9.59 Å². The van der Waals surface area contributed by atoms with E-state index < -0.39 is 23.8 Å². The van der Waals surface area contributed by atoms with Crippen molar-refractivity contribution < 1.29 is 18.4 Å². The van der Waals surface area contributed by atoms with Crippen LogP contribution in [0.15, 0.2) is 60.8 Å². The molecule has 0 bridgehead atoms. The Labute approximate surface area is 206 Å². The first-order chi connectivity index (χ1) is 16.7. The summed E-state index contributed by atoms with van der Waals surface area (Å²) >= 11 is 6.17. The molecule has 2 aliphatic rings. The molecule has 1 saturated heterocycles. The van der Waals surface area contributed by atoms with E-state index in [4.69, 9.17) is 11.6 Å². The highest BCUT2D eigenvalue weighted by Gasteiger charge is 2.60. The summed E-state index contributed by atoms with van der Waals surface area (Å²) in [5, 5.41) is 5.96. The Morgan fingerprint density at radius 2 is 1.89 bits per heavy atom. The fourth-order valence-corrected chi connectivity index (χ4v) is 4.93. The van der Waals surface area contributed by atoms with Gasteiger partial charge in [0.1, 0.15) is 11.4 Å². The molecule has 2 aromatic carbocycles. The van der Waals surface area contributed by atoms with E-state index in [1.165, 1.54) is 29.3 Å². The van der Waals surface area contributed by atoms with E-state index in [1.807, 2.05) is 19.1 Å². The Bertz CT molecular complexity index is 1310. The Hall–Kier alpha value is -3.36. The van der Waals surface area contributed by atoms with Crippen LogP contribution in [-0.4, -0.2) is 35.8 Å². The molecule has 5 rings (SSSR count). The van der Waals surface area contributed by atoms with Gasteiger partial charge >= 0.3 is 0 Å². The zero-order valence-corrected chi connectivity index (χ0v) is 19.7.